The molecule has 8 rings (SSSR count). The van der Waals surface area contributed by atoms with E-state index in [2.05, 4.69) is 24.3 Å². The van der Waals surface area contributed by atoms with Crippen LogP contribution in [0.5, 0.6) is 23.0 Å². The van der Waals surface area contributed by atoms with E-state index in [1.807, 2.05) is 36.4 Å². The molecule has 2 saturated heterocycles. The van der Waals surface area contributed by atoms with Crippen LogP contribution in [0.1, 0.15) is 35.1 Å². The zero-order valence-electron chi connectivity index (χ0n) is 21.8. The van der Waals surface area contributed by atoms with Gasteiger partial charge >= 0.3 is 0 Å². The van der Waals surface area contributed by atoms with Crippen LogP contribution in [-0.4, -0.2) is 48.8 Å². The summed E-state index contributed by atoms with van der Waals surface area (Å²) in [6, 6.07) is 23.8. The number of hydrogen-bond donors (Lipinski definition) is 2. The zero-order chi connectivity index (χ0) is 26.8. The van der Waals surface area contributed by atoms with Gasteiger partial charge in [-0.3, -0.25) is 0 Å². The van der Waals surface area contributed by atoms with Crippen LogP contribution in [-0.2, 0) is 14.9 Å². The number of epoxide rings is 2. The normalized spacial score (nSPS) is 22.7. The summed E-state index contributed by atoms with van der Waals surface area (Å²) in [7, 11) is 0. The van der Waals surface area contributed by atoms with Crippen molar-refractivity contribution in [3.05, 3.63) is 95.1 Å². The predicted molar refractivity (Wildman–Crippen MR) is 151 cm³/mol. The van der Waals surface area contributed by atoms with Gasteiger partial charge in [-0.1, -0.05) is 36.0 Å². The average Bonchev–Trinajstić information content (AvgIpc) is 3.89. The molecule has 0 radical (unpaired) electrons. The average molecular weight is 553 g/mol. The van der Waals surface area contributed by atoms with Crippen LogP contribution in [0.2, 0.25) is 0 Å². The largest absolute Gasteiger partial charge is 0.508 e. The van der Waals surface area contributed by atoms with E-state index in [0.29, 0.717) is 25.4 Å². The molecule has 7 heteroatoms. The summed E-state index contributed by atoms with van der Waals surface area (Å²) in [6.45, 7) is 2.82. The van der Waals surface area contributed by atoms with Gasteiger partial charge in [-0.25, -0.2) is 0 Å². The van der Waals surface area contributed by atoms with Gasteiger partial charge < -0.3 is 29.2 Å². The maximum Gasteiger partial charge on any atom is 0.120 e. The smallest absolute Gasteiger partial charge is 0.120 e. The second kappa shape index (κ2) is 9.20. The molecule has 202 valence electrons. The molecule has 0 aromatic heterocycles. The van der Waals surface area contributed by atoms with Gasteiger partial charge in [-0.15, -0.1) is 0 Å². The lowest BCUT2D eigenvalue weighted by Crippen LogP contribution is -2.32. The third-order valence-electron chi connectivity index (χ3n) is 8.26. The quantitative estimate of drug-likeness (QED) is 0.216. The van der Waals surface area contributed by atoms with E-state index in [1.165, 1.54) is 0 Å². The lowest BCUT2D eigenvalue weighted by atomic mass is 9.67. The van der Waals surface area contributed by atoms with E-state index in [9.17, 15) is 10.2 Å². The highest BCUT2D eigenvalue weighted by Gasteiger charge is 2.51. The Morgan fingerprint density at radius 2 is 1.18 bits per heavy atom. The number of fused-ring (bicyclic) bond motifs is 9. The molecule has 2 N–H and O–H groups in total. The maximum absolute atomic E-state index is 10.7. The van der Waals surface area contributed by atoms with Crippen molar-refractivity contribution in [3.63, 3.8) is 0 Å². The van der Waals surface area contributed by atoms with Crippen molar-refractivity contribution in [1.82, 2.24) is 0 Å². The second-order valence-electron chi connectivity index (χ2n) is 10.8. The molecule has 40 heavy (non-hydrogen) atoms. The summed E-state index contributed by atoms with van der Waals surface area (Å²) < 4.78 is 23.0. The van der Waals surface area contributed by atoms with Gasteiger partial charge in [0.05, 0.1) is 44.1 Å². The highest BCUT2D eigenvalue weighted by Crippen LogP contribution is 2.63. The summed E-state index contributed by atoms with van der Waals surface area (Å²) in [4.78, 5) is 2.02. The molecule has 3 atom stereocenters. The Morgan fingerprint density at radius 3 is 1.88 bits per heavy atom. The van der Waals surface area contributed by atoms with Crippen molar-refractivity contribution in [2.24, 2.45) is 0 Å². The molecular weight excluding hydrogens is 524 g/mol. The fourth-order valence-corrected chi connectivity index (χ4v) is 7.46. The molecule has 2 fully saturated rings. The fraction of sp³-hybridized carbons (Fsp3) is 0.273. The molecule has 3 unspecified atom stereocenters. The van der Waals surface area contributed by atoms with E-state index in [4.69, 9.17) is 18.9 Å². The monoisotopic (exact) mass is 552 g/mol. The number of benzene rings is 4. The Labute approximate surface area is 236 Å². The SMILES string of the molecule is Oc1ccc2c(c1)Sc1cc(OCCC3CO3)ccc1C21c2cc(O)ccc2-c2ccc(OCCC3CO3)cc21. The van der Waals surface area contributed by atoms with E-state index in [-0.39, 0.29) is 11.5 Å². The first-order valence-corrected chi connectivity index (χ1v) is 14.5. The number of ether oxygens (including phenoxy) is 4. The summed E-state index contributed by atoms with van der Waals surface area (Å²) in [5.74, 6) is 2.04. The Bertz CT molecular complexity index is 1640. The number of rotatable bonds is 8. The molecule has 3 aliphatic heterocycles. The Morgan fingerprint density at radius 1 is 0.650 bits per heavy atom. The lowest BCUT2D eigenvalue weighted by molar-refractivity contribution is 0.282. The Kier molecular flexibility index (Phi) is 5.56. The van der Waals surface area contributed by atoms with E-state index >= 15 is 0 Å². The van der Waals surface area contributed by atoms with Crippen LogP contribution < -0.4 is 9.47 Å². The molecular formula is C33H28O6S. The van der Waals surface area contributed by atoms with E-state index in [0.717, 1.165) is 80.7 Å². The van der Waals surface area contributed by atoms with Crippen LogP contribution in [0.3, 0.4) is 0 Å². The van der Waals surface area contributed by atoms with Crippen LogP contribution in [0.15, 0.2) is 82.6 Å². The van der Waals surface area contributed by atoms with Gasteiger partial charge in [0.15, 0.2) is 0 Å². The molecule has 4 aromatic carbocycles. The molecule has 0 amide bonds. The second-order valence-corrected chi connectivity index (χ2v) is 11.9. The zero-order valence-corrected chi connectivity index (χ0v) is 22.6. The minimum absolute atomic E-state index is 0.217. The van der Waals surface area contributed by atoms with Gasteiger partial charge in [-0.2, -0.15) is 0 Å². The molecule has 0 bridgehead atoms. The highest BCUT2D eigenvalue weighted by molar-refractivity contribution is 7.99. The summed E-state index contributed by atoms with van der Waals surface area (Å²) >= 11 is 1.63. The van der Waals surface area contributed by atoms with Crippen molar-refractivity contribution >= 4 is 11.8 Å². The summed E-state index contributed by atoms with van der Waals surface area (Å²) in [6.07, 6.45) is 2.37. The van der Waals surface area contributed by atoms with Crippen LogP contribution >= 0.6 is 11.8 Å². The number of phenols is 2. The van der Waals surface area contributed by atoms with Crippen LogP contribution in [0.25, 0.3) is 11.1 Å². The Hall–Kier alpha value is -3.65. The van der Waals surface area contributed by atoms with Gasteiger partial charge in [0, 0.05) is 22.6 Å². The number of hydrogen-bond acceptors (Lipinski definition) is 7. The molecule has 3 heterocycles. The lowest BCUT2D eigenvalue weighted by Gasteiger charge is -2.40. The maximum atomic E-state index is 10.7. The molecule has 1 aliphatic carbocycles. The summed E-state index contributed by atoms with van der Waals surface area (Å²) in [5, 5.41) is 21.2. The Balaban J connectivity index is 1.31. The molecule has 0 saturated carbocycles. The minimum Gasteiger partial charge on any atom is -0.508 e. The van der Waals surface area contributed by atoms with Crippen molar-refractivity contribution < 1.29 is 29.2 Å². The van der Waals surface area contributed by atoms with Crippen LogP contribution in [0.4, 0.5) is 0 Å². The van der Waals surface area contributed by atoms with Crippen molar-refractivity contribution in [1.29, 1.82) is 0 Å². The van der Waals surface area contributed by atoms with Gasteiger partial charge in [-0.05, 0) is 81.9 Å². The predicted octanol–water partition coefficient (Wildman–Crippen LogP) is 6.26. The van der Waals surface area contributed by atoms with Gasteiger partial charge in [0.1, 0.15) is 23.0 Å². The number of phenolic OH excluding ortho intramolecular Hbond substituents is 2. The highest BCUT2D eigenvalue weighted by atomic mass is 32.2. The van der Waals surface area contributed by atoms with E-state index in [1.54, 1.807) is 23.9 Å². The van der Waals surface area contributed by atoms with Crippen LogP contribution in [0, 0.1) is 0 Å². The molecule has 4 aliphatic rings. The minimum atomic E-state index is -0.702. The fourth-order valence-electron chi connectivity index (χ4n) is 6.20. The van der Waals surface area contributed by atoms with Crippen molar-refractivity contribution in [2.45, 2.75) is 40.3 Å². The van der Waals surface area contributed by atoms with Gasteiger partial charge in [0.25, 0.3) is 0 Å². The van der Waals surface area contributed by atoms with Crippen molar-refractivity contribution in [2.75, 3.05) is 26.4 Å². The topological polar surface area (TPSA) is 84.0 Å². The first kappa shape index (κ1) is 24.2. The third-order valence-corrected chi connectivity index (χ3v) is 9.38. The molecule has 1 spiro atoms. The molecule has 4 aromatic rings. The van der Waals surface area contributed by atoms with Gasteiger partial charge in [0.2, 0.25) is 0 Å². The number of aromatic hydroxyl groups is 2. The van der Waals surface area contributed by atoms with Crippen molar-refractivity contribution in [3.8, 4) is 34.1 Å². The first-order valence-electron chi connectivity index (χ1n) is 13.7. The first-order chi connectivity index (χ1) is 19.6. The summed E-state index contributed by atoms with van der Waals surface area (Å²) in [5.41, 5.74) is 5.77. The molecule has 6 nitrogen and oxygen atoms in total. The van der Waals surface area contributed by atoms with E-state index < -0.39 is 5.41 Å². The standard InChI is InChI=1S/C33H28O6S/c34-19-1-5-25-26-6-3-21(36-11-9-23-17-38-23)15-30(26)33(29(25)13-19)27-7-2-20(35)14-31(27)40-32-16-22(4-8-28(32)33)37-12-10-24-18-39-24/h1-8,13-16,23-24,34-35H,9-12,17-18H2. The third kappa shape index (κ3) is 3.95.